The van der Waals surface area contributed by atoms with E-state index in [0.29, 0.717) is 5.92 Å². The van der Waals surface area contributed by atoms with Crippen molar-refractivity contribution >= 4 is 11.8 Å². The Kier molecular flexibility index (Phi) is 2.67. The monoisotopic (exact) mass is 239 g/mol. The Bertz CT molecular complexity index is 369. The molecule has 2 fully saturated rings. The van der Waals surface area contributed by atoms with E-state index >= 15 is 0 Å². The molecule has 1 aromatic heterocycles. The van der Waals surface area contributed by atoms with E-state index in [1.54, 1.807) is 0 Å². The van der Waals surface area contributed by atoms with Gasteiger partial charge in [0.1, 0.15) is 0 Å². The van der Waals surface area contributed by atoms with Gasteiger partial charge in [-0.15, -0.1) is 0 Å². The number of nitrogens with two attached hydrogens (primary N) is 1. The third kappa shape index (κ3) is 1.76. The van der Waals surface area contributed by atoms with Crippen molar-refractivity contribution in [1.82, 2.24) is 10.1 Å². The Morgan fingerprint density at radius 3 is 2.69 bits per heavy atom. The first-order valence-corrected chi connectivity index (χ1v) is 7.14. The molecule has 0 aromatic carbocycles. The number of hydrogen-bond donors (Lipinski definition) is 1. The molecule has 0 radical (unpaired) electrons. The predicted molar refractivity (Wildman–Crippen MR) is 63.3 cm³/mol. The van der Waals surface area contributed by atoms with Gasteiger partial charge in [-0.2, -0.15) is 16.7 Å². The van der Waals surface area contributed by atoms with E-state index in [0.717, 1.165) is 37.4 Å². The van der Waals surface area contributed by atoms with Crippen LogP contribution in [0, 0.1) is 0 Å². The molecule has 1 aliphatic heterocycles. The van der Waals surface area contributed by atoms with Crippen LogP contribution in [0.15, 0.2) is 4.52 Å². The van der Waals surface area contributed by atoms with Crippen LogP contribution < -0.4 is 5.73 Å². The molecule has 2 N–H and O–H groups in total. The van der Waals surface area contributed by atoms with Crippen molar-refractivity contribution in [3.8, 4) is 0 Å². The summed E-state index contributed by atoms with van der Waals surface area (Å²) >= 11 is 2.01. The molecule has 0 atom stereocenters. The van der Waals surface area contributed by atoms with Crippen LogP contribution in [0.4, 0.5) is 0 Å². The molecule has 1 aromatic rings. The SMILES string of the molecule is NC1(c2noc(C3CCSCC3)n2)CCC1. The molecule has 0 amide bonds. The van der Waals surface area contributed by atoms with E-state index in [1.165, 1.54) is 17.9 Å². The first-order valence-electron chi connectivity index (χ1n) is 5.99. The smallest absolute Gasteiger partial charge is 0.229 e. The average molecular weight is 239 g/mol. The first-order chi connectivity index (χ1) is 7.78. The van der Waals surface area contributed by atoms with E-state index in [-0.39, 0.29) is 5.54 Å². The minimum absolute atomic E-state index is 0.287. The van der Waals surface area contributed by atoms with E-state index in [1.807, 2.05) is 11.8 Å². The summed E-state index contributed by atoms with van der Waals surface area (Å²) in [5.74, 6) is 4.41. The fourth-order valence-electron chi connectivity index (χ4n) is 2.33. The maximum absolute atomic E-state index is 6.18. The molecular weight excluding hydrogens is 222 g/mol. The third-order valence-electron chi connectivity index (χ3n) is 3.70. The van der Waals surface area contributed by atoms with Crippen LogP contribution in [0.5, 0.6) is 0 Å². The first kappa shape index (κ1) is 10.6. The van der Waals surface area contributed by atoms with Crippen LogP contribution in [0.1, 0.15) is 49.7 Å². The number of hydrogen-bond acceptors (Lipinski definition) is 5. The summed E-state index contributed by atoms with van der Waals surface area (Å²) in [5, 5.41) is 4.07. The van der Waals surface area contributed by atoms with Gasteiger partial charge in [0.25, 0.3) is 0 Å². The van der Waals surface area contributed by atoms with Gasteiger partial charge in [0.15, 0.2) is 5.82 Å². The fraction of sp³-hybridized carbons (Fsp3) is 0.818. The van der Waals surface area contributed by atoms with E-state index < -0.39 is 0 Å². The van der Waals surface area contributed by atoms with Gasteiger partial charge in [-0.05, 0) is 43.6 Å². The van der Waals surface area contributed by atoms with Crippen molar-refractivity contribution in [1.29, 1.82) is 0 Å². The Balaban J connectivity index is 1.76. The molecule has 1 saturated carbocycles. The molecule has 2 heterocycles. The molecule has 1 saturated heterocycles. The van der Waals surface area contributed by atoms with Crippen molar-refractivity contribution in [2.24, 2.45) is 5.73 Å². The van der Waals surface area contributed by atoms with Crippen molar-refractivity contribution < 1.29 is 4.52 Å². The summed E-state index contributed by atoms with van der Waals surface area (Å²) in [5.41, 5.74) is 5.89. The highest BCUT2D eigenvalue weighted by Crippen LogP contribution is 2.38. The molecule has 4 nitrogen and oxygen atoms in total. The van der Waals surface area contributed by atoms with Gasteiger partial charge in [-0.1, -0.05) is 5.16 Å². The molecule has 3 rings (SSSR count). The highest BCUT2D eigenvalue weighted by Gasteiger charge is 2.39. The quantitative estimate of drug-likeness (QED) is 0.855. The van der Waals surface area contributed by atoms with Crippen LogP contribution in [0.3, 0.4) is 0 Å². The lowest BCUT2D eigenvalue weighted by atomic mass is 9.77. The second kappa shape index (κ2) is 4.04. The molecule has 5 heteroatoms. The molecule has 0 spiro atoms. The highest BCUT2D eigenvalue weighted by molar-refractivity contribution is 7.99. The topological polar surface area (TPSA) is 64.9 Å². The minimum atomic E-state index is -0.287. The Labute approximate surface area is 99.4 Å². The molecule has 16 heavy (non-hydrogen) atoms. The number of nitrogens with zero attached hydrogens (tertiary/aromatic N) is 2. The van der Waals surface area contributed by atoms with Crippen molar-refractivity contribution in [3.05, 3.63) is 11.7 Å². The summed E-state index contributed by atoms with van der Waals surface area (Å²) in [6.45, 7) is 0. The summed E-state index contributed by atoms with van der Waals surface area (Å²) in [6.07, 6.45) is 5.48. The maximum atomic E-state index is 6.18. The summed E-state index contributed by atoms with van der Waals surface area (Å²) in [4.78, 5) is 4.52. The van der Waals surface area contributed by atoms with E-state index in [2.05, 4.69) is 10.1 Å². The zero-order chi connectivity index (χ0) is 11.0. The Morgan fingerprint density at radius 2 is 2.06 bits per heavy atom. The lowest BCUT2D eigenvalue weighted by Crippen LogP contribution is -2.44. The molecule has 0 unspecified atom stereocenters. The van der Waals surface area contributed by atoms with Crippen LogP contribution in [0.2, 0.25) is 0 Å². The number of rotatable bonds is 2. The van der Waals surface area contributed by atoms with Gasteiger partial charge >= 0.3 is 0 Å². The van der Waals surface area contributed by atoms with Crippen LogP contribution in [-0.4, -0.2) is 21.6 Å². The number of thioether (sulfide) groups is 1. The molecule has 1 aliphatic carbocycles. The zero-order valence-corrected chi connectivity index (χ0v) is 10.1. The predicted octanol–water partition coefficient (Wildman–Crippen LogP) is 2.02. The lowest BCUT2D eigenvalue weighted by molar-refractivity contribution is 0.228. The van der Waals surface area contributed by atoms with Gasteiger partial charge in [-0.3, -0.25) is 0 Å². The molecule has 0 bridgehead atoms. The van der Waals surface area contributed by atoms with Crippen molar-refractivity contribution in [2.45, 2.75) is 43.6 Å². The Hall–Kier alpha value is -0.550. The molecule has 2 aliphatic rings. The standard InChI is InChI=1S/C11H17N3OS/c12-11(4-1-5-11)10-13-9(15-14-10)8-2-6-16-7-3-8/h8H,1-7,12H2. The molecular formula is C11H17N3OS. The molecule has 88 valence electrons. The average Bonchev–Trinajstić information content (AvgIpc) is 2.77. The fourth-order valence-corrected chi connectivity index (χ4v) is 3.44. The van der Waals surface area contributed by atoms with Crippen molar-refractivity contribution in [2.75, 3.05) is 11.5 Å². The second-order valence-electron chi connectivity index (χ2n) is 4.85. The van der Waals surface area contributed by atoms with E-state index in [9.17, 15) is 0 Å². The van der Waals surface area contributed by atoms with Gasteiger partial charge < -0.3 is 10.3 Å². The van der Waals surface area contributed by atoms with Crippen LogP contribution >= 0.6 is 11.8 Å². The summed E-state index contributed by atoms with van der Waals surface area (Å²) in [7, 11) is 0. The maximum Gasteiger partial charge on any atom is 0.229 e. The van der Waals surface area contributed by atoms with Gasteiger partial charge in [0.2, 0.25) is 5.89 Å². The minimum Gasteiger partial charge on any atom is -0.339 e. The van der Waals surface area contributed by atoms with Crippen LogP contribution in [0.25, 0.3) is 0 Å². The summed E-state index contributed by atoms with van der Waals surface area (Å²) in [6, 6.07) is 0. The van der Waals surface area contributed by atoms with Crippen molar-refractivity contribution in [3.63, 3.8) is 0 Å². The largest absolute Gasteiger partial charge is 0.339 e. The summed E-state index contributed by atoms with van der Waals surface area (Å²) < 4.78 is 5.38. The Morgan fingerprint density at radius 1 is 1.31 bits per heavy atom. The normalized spacial score (nSPS) is 25.3. The van der Waals surface area contributed by atoms with Gasteiger partial charge in [-0.25, -0.2) is 0 Å². The third-order valence-corrected chi connectivity index (χ3v) is 4.75. The zero-order valence-electron chi connectivity index (χ0n) is 9.32. The van der Waals surface area contributed by atoms with Gasteiger partial charge in [0.05, 0.1) is 5.54 Å². The number of aromatic nitrogens is 2. The van der Waals surface area contributed by atoms with E-state index in [4.69, 9.17) is 10.3 Å². The van der Waals surface area contributed by atoms with Gasteiger partial charge in [0, 0.05) is 5.92 Å². The second-order valence-corrected chi connectivity index (χ2v) is 6.08. The highest BCUT2D eigenvalue weighted by atomic mass is 32.2. The lowest BCUT2D eigenvalue weighted by Gasteiger charge is -2.34. The van der Waals surface area contributed by atoms with Crippen LogP contribution in [-0.2, 0) is 5.54 Å².